The molecular formula is C18H19N3O4S2. The molecule has 1 aromatic carbocycles. The molecule has 0 radical (unpaired) electrons. The van der Waals surface area contributed by atoms with Crippen LogP contribution in [0.25, 0.3) is 0 Å². The summed E-state index contributed by atoms with van der Waals surface area (Å²) in [7, 11) is 0. The third kappa shape index (κ3) is 3.76. The zero-order chi connectivity index (χ0) is 19.6. The first-order valence-electron chi connectivity index (χ1n) is 8.21. The van der Waals surface area contributed by atoms with Crippen LogP contribution in [0.5, 0.6) is 0 Å². The lowest BCUT2D eigenvalue weighted by Crippen LogP contribution is -2.71. The molecule has 0 aromatic heterocycles. The van der Waals surface area contributed by atoms with Gasteiger partial charge in [0.1, 0.15) is 23.2 Å². The number of β-lactam (4-membered cyclic amide) rings is 1. The zero-order valence-electron chi connectivity index (χ0n) is 14.3. The molecule has 27 heavy (non-hydrogen) atoms. The fourth-order valence-corrected chi connectivity index (χ4v) is 5.29. The molecule has 0 unspecified atom stereocenters. The molecule has 0 aliphatic carbocycles. The van der Waals surface area contributed by atoms with Crippen LogP contribution in [-0.2, 0) is 14.4 Å². The first-order valence-corrected chi connectivity index (χ1v) is 10.2. The van der Waals surface area contributed by atoms with Crippen molar-refractivity contribution in [3.63, 3.8) is 0 Å². The monoisotopic (exact) mass is 405 g/mol. The Morgan fingerprint density at radius 1 is 1.44 bits per heavy atom. The van der Waals surface area contributed by atoms with Crippen LogP contribution >= 0.6 is 23.5 Å². The fraction of sp³-hybridized carbons (Fsp3) is 0.278. The molecule has 7 nitrogen and oxygen atoms in total. The largest absolute Gasteiger partial charge is 0.477 e. The van der Waals surface area contributed by atoms with Crippen LogP contribution in [0.2, 0.25) is 0 Å². The Morgan fingerprint density at radius 2 is 2.15 bits per heavy atom. The van der Waals surface area contributed by atoms with Gasteiger partial charge in [0.25, 0.3) is 5.91 Å². The van der Waals surface area contributed by atoms with Crippen molar-refractivity contribution in [1.82, 2.24) is 10.2 Å². The molecule has 142 valence electrons. The van der Waals surface area contributed by atoms with E-state index in [4.69, 9.17) is 5.73 Å². The van der Waals surface area contributed by atoms with Crippen molar-refractivity contribution in [3.8, 4) is 0 Å². The summed E-state index contributed by atoms with van der Waals surface area (Å²) in [5.74, 6) is -1.02. The molecule has 0 spiro atoms. The van der Waals surface area contributed by atoms with E-state index in [2.05, 4.69) is 11.9 Å². The molecule has 0 bridgehead atoms. The topological polar surface area (TPSA) is 113 Å². The number of carboxylic acids is 1. The fourth-order valence-electron chi connectivity index (χ4n) is 2.92. The number of hydrogen-bond donors (Lipinski definition) is 3. The predicted octanol–water partition coefficient (Wildman–Crippen LogP) is 1.30. The molecule has 3 atom stereocenters. The number of carboxylic acid groups (broad SMARTS) is 1. The van der Waals surface area contributed by atoms with E-state index in [1.165, 1.54) is 28.4 Å². The maximum absolute atomic E-state index is 12.6. The second-order valence-corrected chi connectivity index (χ2v) is 8.18. The summed E-state index contributed by atoms with van der Waals surface area (Å²) < 4.78 is 0. The van der Waals surface area contributed by atoms with E-state index in [1.54, 1.807) is 30.3 Å². The second kappa shape index (κ2) is 8.20. The molecule has 2 aliphatic rings. The Hall–Kier alpha value is -2.23. The number of benzene rings is 1. The molecule has 3 rings (SSSR count). The van der Waals surface area contributed by atoms with E-state index in [1.807, 2.05) is 6.07 Å². The van der Waals surface area contributed by atoms with Gasteiger partial charge in [0.05, 0.1) is 0 Å². The molecule has 2 heterocycles. The van der Waals surface area contributed by atoms with Crippen LogP contribution in [0, 0.1) is 0 Å². The first kappa shape index (κ1) is 19.5. The van der Waals surface area contributed by atoms with E-state index in [9.17, 15) is 19.5 Å². The predicted molar refractivity (Wildman–Crippen MR) is 106 cm³/mol. The van der Waals surface area contributed by atoms with Crippen molar-refractivity contribution in [2.75, 3.05) is 11.5 Å². The SMILES string of the molecule is C=CCSC1=C(C(=O)O)N2C(=O)[C@@H](NC(=O)[C@@H](N)c3ccccc3)[C@@H]2SC1. The molecular weight excluding hydrogens is 386 g/mol. The average Bonchev–Trinajstić information content (AvgIpc) is 2.69. The smallest absolute Gasteiger partial charge is 0.353 e. The number of rotatable bonds is 7. The van der Waals surface area contributed by atoms with Crippen LogP contribution < -0.4 is 11.1 Å². The summed E-state index contributed by atoms with van der Waals surface area (Å²) in [6, 6.07) is 7.19. The van der Waals surface area contributed by atoms with Crippen molar-refractivity contribution >= 4 is 41.3 Å². The van der Waals surface area contributed by atoms with Gasteiger partial charge in [0, 0.05) is 16.4 Å². The molecule has 9 heteroatoms. The van der Waals surface area contributed by atoms with Gasteiger partial charge >= 0.3 is 5.97 Å². The van der Waals surface area contributed by atoms with E-state index in [0.717, 1.165) is 0 Å². The molecule has 1 saturated heterocycles. The van der Waals surface area contributed by atoms with Gasteiger partial charge in [-0.1, -0.05) is 36.4 Å². The van der Waals surface area contributed by atoms with E-state index in [0.29, 0.717) is 22.0 Å². The standard InChI is InChI=1S/C18H19N3O4S2/c1-2-8-26-11-9-27-17-13(16(23)21(17)14(11)18(24)25)20-15(22)12(19)10-6-4-3-5-7-10/h2-7,12-13,17H,1,8-9,19H2,(H,20,22)(H,24,25)/t12-,13+,17-/m0/s1. The highest BCUT2D eigenvalue weighted by molar-refractivity contribution is 8.06. The molecule has 4 N–H and O–H groups in total. The number of nitrogens with two attached hydrogens (primary N) is 1. The van der Waals surface area contributed by atoms with Gasteiger partial charge in [-0.25, -0.2) is 4.79 Å². The summed E-state index contributed by atoms with van der Waals surface area (Å²) in [4.78, 5) is 38.5. The molecule has 2 aliphatic heterocycles. The lowest BCUT2D eigenvalue weighted by atomic mass is 10.0. The summed E-state index contributed by atoms with van der Waals surface area (Å²) in [6.07, 6.45) is 1.68. The average molecular weight is 406 g/mol. The zero-order valence-corrected chi connectivity index (χ0v) is 16.0. The van der Waals surface area contributed by atoms with Crippen molar-refractivity contribution < 1.29 is 19.5 Å². The maximum atomic E-state index is 12.6. The van der Waals surface area contributed by atoms with Crippen molar-refractivity contribution in [2.24, 2.45) is 5.73 Å². The number of thioether (sulfide) groups is 2. The number of hydrogen-bond acceptors (Lipinski definition) is 6. The van der Waals surface area contributed by atoms with Gasteiger partial charge in [0.15, 0.2) is 0 Å². The summed E-state index contributed by atoms with van der Waals surface area (Å²) in [5, 5.41) is 11.8. The number of nitrogens with zero attached hydrogens (tertiary/aromatic N) is 1. The Balaban J connectivity index is 1.72. The van der Waals surface area contributed by atoms with Crippen molar-refractivity contribution in [1.29, 1.82) is 0 Å². The van der Waals surface area contributed by atoms with Gasteiger partial charge in [-0.05, 0) is 5.56 Å². The quantitative estimate of drug-likeness (QED) is 0.463. The normalized spacial score (nSPS) is 22.6. The number of fused-ring (bicyclic) bond motifs is 1. The summed E-state index contributed by atoms with van der Waals surface area (Å²) in [6.45, 7) is 3.63. The summed E-state index contributed by atoms with van der Waals surface area (Å²) in [5.41, 5.74) is 6.61. The summed E-state index contributed by atoms with van der Waals surface area (Å²) >= 11 is 2.78. The number of amides is 2. The highest BCUT2D eigenvalue weighted by atomic mass is 32.2. The number of nitrogens with one attached hydrogen (secondary N) is 1. The highest BCUT2D eigenvalue weighted by Crippen LogP contribution is 2.43. The molecule has 1 aromatic rings. The van der Waals surface area contributed by atoms with Gasteiger partial charge in [0.2, 0.25) is 5.91 Å². The van der Waals surface area contributed by atoms with Crippen LogP contribution in [0.3, 0.4) is 0 Å². The van der Waals surface area contributed by atoms with E-state index in [-0.39, 0.29) is 5.70 Å². The Labute approximate surface area is 165 Å². The van der Waals surface area contributed by atoms with Gasteiger partial charge in [-0.3, -0.25) is 14.5 Å². The number of carbonyl (C=O) groups is 3. The van der Waals surface area contributed by atoms with Crippen LogP contribution in [0.4, 0.5) is 0 Å². The Bertz CT molecular complexity index is 812. The van der Waals surface area contributed by atoms with Gasteiger partial charge in [-0.2, -0.15) is 0 Å². The van der Waals surface area contributed by atoms with Crippen LogP contribution in [0.1, 0.15) is 11.6 Å². The minimum atomic E-state index is -1.15. The second-order valence-electron chi connectivity index (χ2n) is 5.96. The number of carbonyl (C=O) groups excluding carboxylic acids is 2. The lowest BCUT2D eigenvalue weighted by molar-refractivity contribution is -0.150. The molecule has 1 fully saturated rings. The van der Waals surface area contributed by atoms with Crippen LogP contribution in [-0.4, -0.2) is 50.7 Å². The minimum absolute atomic E-state index is 0.00606. The maximum Gasteiger partial charge on any atom is 0.353 e. The van der Waals surface area contributed by atoms with Gasteiger partial charge in [-0.15, -0.1) is 30.1 Å². The van der Waals surface area contributed by atoms with Crippen LogP contribution in [0.15, 0.2) is 53.6 Å². The highest BCUT2D eigenvalue weighted by Gasteiger charge is 2.54. The van der Waals surface area contributed by atoms with Crippen molar-refractivity contribution in [3.05, 3.63) is 59.2 Å². The van der Waals surface area contributed by atoms with Crippen molar-refractivity contribution in [2.45, 2.75) is 17.5 Å². The van der Waals surface area contributed by atoms with E-state index >= 15 is 0 Å². The molecule has 0 saturated carbocycles. The Kier molecular flexibility index (Phi) is 5.93. The number of aliphatic carboxylic acids is 1. The Morgan fingerprint density at radius 3 is 2.78 bits per heavy atom. The molecule has 2 amide bonds. The lowest BCUT2D eigenvalue weighted by Gasteiger charge is -2.49. The third-order valence-electron chi connectivity index (χ3n) is 4.25. The minimum Gasteiger partial charge on any atom is -0.477 e. The third-order valence-corrected chi connectivity index (χ3v) is 6.80. The van der Waals surface area contributed by atoms with Gasteiger partial charge < -0.3 is 16.2 Å². The van der Waals surface area contributed by atoms with E-state index < -0.39 is 35.2 Å². The first-order chi connectivity index (χ1) is 13.0.